The zero-order valence-electron chi connectivity index (χ0n) is 9.61. The van der Waals surface area contributed by atoms with Crippen LogP contribution in [-0.2, 0) is 9.53 Å². The minimum atomic E-state index is -0.707. The number of H-pyrrole nitrogens is 1. The van der Waals surface area contributed by atoms with Crippen molar-refractivity contribution in [3.8, 4) is 0 Å². The minimum Gasteiger partial charge on any atom is -0.468 e. The Labute approximate surface area is 98.6 Å². The normalized spacial score (nSPS) is 14.4. The van der Waals surface area contributed by atoms with Crippen molar-refractivity contribution in [2.75, 3.05) is 19.4 Å². The van der Waals surface area contributed by atoms with Crippen LogP contribution in [0, 0.1) is 0 Å². The van der Waals surface area contributed by atoms with Gasteiger partial charge in [-0.25, -0.2) is 4.98 Å². The number of nitrogens with zero attached hydrogens (tertiary/aromatic N) is 2. The first-order valence-electron chi connectivity index (χ1n) is 4.94. The Morgan fingerprint density at radius 3 is 3.00 bits per heavy atom. The van der Waals surface area contributed by atoms with Crippen LogP contribution in [0.15, 0.2) is 11.5 Å². The topological polar surface area (TPSA) is 79.9 Å². The number of rotatable bonds is 6. The molecule has 90 valence electrons. The maximum Gasteiger partial charge on any atom is 0.326 e. The molecule has 0 radical (unpaired) electrons. The fourth-order valence-corrected chi connectivity index (χ4v) is 2.16. The molecule has 1 aromatic heterocycles. The number of carbonyl (C=O) groups is 1. The average Bonchev–Trinajstić information content (AvgIpc) is 2.78. The summed E-state index contributed by atoms with van der Waals surface area (Å²) in [6.07, 6.45) is 1.44. The van der Waals surface area contributed by atoms with Crippen LogP contribution in [0.1, 0.15) is 13.8 Å². The predicted molar refractivity (Wildman–Crippen MR) is 61.2 cm³/mol. The molecule has 1 heterocycles. The minimum absolute atomic E-state index is 0.277. The first-order chi connectivity index (χ1) is 7.62. The maximum atomic E-state index is 11.6. The lowest BCUT2D eigenvalue weighted by atomic mass is 10.1. The molecular formula is C9H16N4O2S. The van der Waals surface area contributed by atoms with E-state index in [1.807, 2.05) is 13.8 Å². The predicted octanol–water partition coefficient (Wildman–Crippen LogP) is 0.438. The van der Waals surface area contributed by atoms with Gasteiger partial charge in [-0.15, -0.1) is 0 Å². The Morgan fingerprint density at radius 2 is 2.50 bits per heavy atom. The second-order valence-corrected chi connectivity index (χ2v) is 4.40. The molecule has 0 aliphatic rings. The van der Waals surface area contributed by atoms with E-state index in [4.69, 9.17) is 4.74 Å². The number of aromatic amines is 1. The largest absolute Gasteiger partial charge is 0.468 e. The summed E-state index contributed by atoms with van der Waals surface area (Å²) in [5.41, 5.74) is -0.707. The van der Waals surface area contributed by atoms with Gasteiger partial charge in [0.1, 0.15) is 11.9 Å². The van der Waals surface area contributed by atoms with Crippen LogP contribution in [0.25, 0.3) is 0 Å². The molecule has 0 aromatic carbocycles. The van der Waals surface area contributed by atoms with Crippen molar-refractivity contribution in [1.29, 1.82) is 0 Å². The van der Waals surface area contributed by atoms with Gasteiger partial charge in [-0.05, 0) is 13.5 Å². The van der Waals surface area contributed by atoms with Gasteiger partial charge in [0.2, 0.25) is 0 Å². The maximum absolute atomic E-state index is 11.6. The zero-order valence-corrected chi connectivity index (χ0v) is 10.4. The quantitative estimate of drug-likeness (QED) is 0.558. The van der Waals surface area contributed by atoms with Gasteiger partial charge < -0.3 is 10.1 Å². The van der Waals surface area contributed by atoms with Crippen molar-refractivity contribution in [1.82, 2.24) is 20.5 Å². The number of aromatic nitrogens is 3. The highest BCUT2D eigenvalue weighted by molar-refractivity contribution is 7.99. The van der Waals surface area contributed by atoms with Crippen LogP contribution in [-0.4, -0.2) is 46.1 Å². The molecule has 1 unspecified atom stereocenters. The van der Waals surface area contributed by atoms with Gasteiger partial charge in [0.05, 0.1) is 7.11 Å². The van der Waals surface area contributed by atoms with E-state index in [1.165, 1.54) is 25.2 Å². The first-order valence-corrected chi connectivity index (χ1v) is 5.92. The van der Waals surface area contributed by atoms with Gasteiger partial charge in [-0.3, -0.25) is 9.89 Å². The Balaban J connectivity index is 2.60. The molecular weight excluding hydrogens is 228 g/mol. The van der Waals surface area contributed by atoms with Crippen LogP contribution in [0.4, 0.5) is 0 Å². The lowest BCUT2D eigenvalue weighted by Crippen LogP contribution is -2.52. The summed E-state index contributed by atoms with van der Waals surface area (Å²) in [7, 11) is 1.39. The Morgan fingerprint density at radius 1 is 1.75 bits per heavy atom. The van der Waals surface area contributed by atoms with E-state index in [-0.39, 0.29) is 5.97 Å². The van der Waals surface area contributed by atoms with Gasteiger partial charge >= 0.3 is 5.97 Å². The van der Waals surface area contributed by atoms with Crippen LogP contribution in [0.3, 0.4) is 0 Å². The third-order valence-corrected chi connectivity index (χ3v) is 3.29. The van der Waals surface area contributed by atoms with Gasteiger partial charge in [0.25, 0.3) is 0 Å². The lowest BCUT2D eigenvalue weighted by molar-refractivity contribution is -0.146. The Hall–Kier alpha value is -1.08. The molecule has 0 spiro atoms. The zero-order chi connectivity index (χ0) is 12.0. The van der Waals surface area contributed by atoms with Crippen LogP contribution in [0.5, 0.6) is 0 Å². The number of likely N-dealkylation sites (N-methyl/N-ethyl adjacent to an activating group) is 1. The van der Waals surface area contributed by atoms with E-state index in [9.17, 15) is 4.79 Å². The number of hydrogen-bond donors (Lipinski definition) is 2. The summed E-state index contributed by atoms with van der Waals surface area (Å²) in [5, 5.41) is 10.3. The molecule has 0 aliphatic carbocycles. The van der Waals surface area contributed by atoms with Crippen LogP contribution < -0.4 is 5.32 Å². The molecule has 0 saturated heterocycles. The smallest absolute Gasteiger partial charge is 0.326 e. The van der Waals surface area contributed by atoms with Crippen LogP contribution in [0.2, 0.25) is 0 Å². The van der Waals surface area contributed by atoms with Crippen molar-refractivity contribution in [3.05, 3.63) is 6.33 Å². The highest BCUT2D eigenvalue weighted by Gasteiger charge is 2.33. The first kappa shape index (κ1) is 13.0. The molecule has 2 N–H and O–H groups in total. The van der Waals surface area contributed by atoms with Gasteiger partial charge in [0, 0.05) is 5.75 Å². The standard InChI is InChI=1S/C9H16N4O2S/c1-4-11-9(2,7(14)15-3)5-16-8-10-6-12-13-8/h6,11H,4-5H2,1-3H3,(H,10,12,13). The molecule has 1 aromatic rings. The molecule has 0 aliphatic heterocycles. The molecule has 0 fully saturated rings. The summed E-state index contributed by atoms with van der Waals surface area (Å²) < 4.78 is 4.78. The SMILES string of the molecule is CCNC(C)(CSc1ncn[nH]1)C(=O)OC. The van der Waals surface area contributed by atoms with Crippen molar-refractivity contribution >= 4 is 17.7 Å². The van der Waals surface area contributed by atoms with Crippen molar-refractivity contribution in [3.63, 3.8) is 0 Å². The molecule has 16 heavy (non-hydrogen) atoms. The summed E-state index contributed by atoms with van der Waals surface area (Å²) in [6, 6.07) is 0. The molecule has 0 amide bonds. The number of hydrogen-bond acceptors (Lipinski definition) is 6. The molecule has 0 saturated carbocycles. The highest BCUT2D eigenvalue weighted by atomic mass is 32.2. The van der Waals surface area contributed by atoms with Gasteiger partial charge in [0.15, 0.2) is 5.16 Å². The summed E-state index contributed by atoms with van der Waals surface area (Å²) in [5.74, 6) is 0.254. The van der Waals surface area contributed by atoms with Crippen molar-refractivity contribution in [2.45, 2.75) is 24.5 Å². The van der Waals surface area contributed by atoms with Gasteiger partial charge in [-0.1, -0.05) is 18.7 Å². The number of carbonyl (C=O) groups excluding carboxylic acids is 1. The number of methoxy groups -OCH3 is 1. The summed E-state index contributed by atoms with van der Waals surface area (Å²) in [6.45, 7) is 4.45. The van der Waals surface area contributed by atoms with Crippen LogP contribution >= 0.6 is 11.8 Å². The molecule has 7 heteroatoms. The molecule has 0 bridgehead atoms. The second-order valence-electron chi connectivity index (χ2n) is 3.43. The summed E-state index contributed by atoms with van der Waals surface area (Å²) >= 11 is 1.43. The third kappa shape index (κ3) is 3.21. The van der Waals surface area contributed by atoms with E-state index >= 15 is 0 Å². The van der Waals surface area contributed by atoms with E-state index in [1.54, 1.807) is 0 Å². The third-order valence-electron chi connectivity index (χ3n) is 2.09. The number of ether oxygens (including phenoxy) is 1. The number of esters is 1. The molecule has 1 rings (SSSR count). The highest BCUT2D eigenvalue weighted by Crippen LogP contribution is 2.19. The fourth-order valence-electron chi connectivity index (χ4n) is 1.27. The van der Waals surface area contributed by atoms with Crippen molar-refractivity contribution in [2.24, 2.45) is 0 Å². The Bertz CT molecular complexity index is 330. The van der Waals surface area contributed by atoms with E-state index in [2.05, 4.69) is 20.5 Å². The summed E-state index contributed by atoms with van der Waals surface area (Å²) in [4.78, 5) is 15.6. The van der Waals surface area contributed by atoms with E-state index in [0.717, 1.165) is 0 Å². The average molecular weight is 244 g/mol. The van der Waals surface area contributed by atoms with Crippen molar-refractivity contribution < 1.29 is 9.53 Å². The van der Waals surface area contributed by atoms with E-state index in [0.29, 0.717) is 17.5 Å². The fraction of sp³-hybridized carbons (Fsp3) is 0.667. The van der Waals surface area contributed by atoms with Gasteiger partial charge in [-0.2, -0.15) is 5.10 Å². The molecule has 1 atom stereocenters. The number of thioether (sulfide) groups is 1. The lowest BCUT2D eigenvalue weighted by Gasteiger charge is -2.26. The monoisotopic (exact) mass is 244 g/mol. The second kappa shape index (κ2) is 5.86. The number of nitrogens with one attached hydrogen (secondary N) is 2. The molecule has 6 nitrogen and oxygen atoms in total. The van der Waals surface area contributed by atoms with E-state index < -0.39 is 5.54 Å². The Kier molecular flexibility index (Phi) is 4.75.